The van der Waals surface area contributed by atoms with Crippen molar-refractivity contribution in [1.29, 1.82) is 0 Å². The molecule has 0 spiro atoms. The number of benzene rings is 2. The SMILES string of the molecule is Cc1ccc2c(c1)CCC2c1ccccc1. The molecule has 80 valence electrons. The summed E-state index contributed by atoms with van der Waals surface area (Å²) in [6.45, 7) is 2.18. The van der Waals surface area contributed by atoms with Crippen LogP contribution in [0.1, 0.15) is 34.6 Å². The van der Waals surface area contributed by atoms with E-state index >= 15 is 0 Å². The van der Waals surface area contributed by atoms with Gasteiger partial charge in [0.2, 0.25) is 0 Å². The topological polar surface area (TPSA) is 0 Å². The lowest BCUT2D eigenvalue weighted by atomic mass is 9.93. The summed E-state index contributed by atoms with van der Waals surface area (Å²) in [6.07, 6.45) is 2.50. The number of hydrogen-bond acceptors (Lipinski definition) is 0. The van der Waals surface area contributed by atoms with Crippen molar-refractivity contribution >= 4 is 0 Å². The van der Waals surface area contributed by atoms with Gasteiger partial charge in [-0.1, -0.05) is 54.1 Å². The summed E-state index contributed by atoms with van der Waals surface area (Å²) in [5.74, 6) is 0.622. The molecule has 0 aromatic heterocycles. The highest BCUT2D eigenvalue weighted by Gasteiger charge is 2.23. The molecule has 0 fully saturated rings. The third-order valence-electron chi connectivity index (χ3n) is 3.58. The van der Waals surface area contributed by atoms with E-state index in [0.717, 1.165) is 0 Å². The van der Waals surface area contributed by atoms with E-state index in [4.69, 9.17) is 0 Å². The fourth-order valence-corrected chi connectivity index (χ4v) is 2.78. The molecule has 2 aromatic carbocycles. The van der Waals surface area contributed by atoms with Gasteiger partial charge in [0.15, 0.2) is 0 Å². The number of aryl methyl sites for hydroxylation is 2. The molecule has 0 saturated carbocycles. The molecule has 1 aliphatic rings. The van der Waals surface area contributed by atoms with Crippen LogP contribution in [0.3, 0.4) is 0 Å². The van der Waals surface area contributed by atoms with Crippen molar-refractivity contribution in [2.24, 2.45) is 0 Å². The lowest BCUT2D eigenvalue weighted by molar-refractivity contribution is 0.788. The van der Waals surface area contributed by atoms with Crippen LogP contribution < -0.4 is 0 Å². The molecule has 0 radical (unpaired) electrons. The molecule has 3 rings (SSSR count). The molecule has 16 heavy (non-hydrogen) atoms. The van der Waals surface area contributed by atoms with Crippen molar-refractivity contribution < 1.29 is 0 Å². The van der Waals surface area contributed by atoms with Crippen molar-refractivity contribution in [2.45, 2.75) is 25.7 Å². The van der Waals surface area contributed by atoms with Crippen LogP contribution in [-0.4, -0.2) is 0 Å². The van der Waals surface area contributed by atoms with Gasteiger partial charge in [-0.25, -0.2) is 0 Å². The van der Waals surface area contributed by atoms with E-state index in [1.807, 2.05) is 0 Å². The van der Waals surface area contributed by atoms with E-state index < -0.39 is 0 Å². The van der Waals surface area contributed by atoms with Crippen molar-refractivity contribution in [1.82, 2.24) is 0 Å². The average Bonchev–Trinajstić information content (AvgIpc) is 2.73. The first-order chi connectivity index (χ1) is 7.84. The Labute approximate surface area is 96.9 Å². The van der Waals surface area contributed by atoms with Crippen LogP contribution in [0, 0.1) is 6.92 Å². The second-order valence-corrected chi connectivity index (χ2v) is 4.70. The summed E-state index contributed by atoms with van der Waals surface area (Å²) >= 11 is 0. The Balaban J connectivity index is 2.04. The molecule has 0 amide bonds. The maximum Gasteiger partial charge on any atom is 0.00952 e. The highest BCUT2D eigenvalue weighted by atomic mass is 14.3. The summed E-state index contributed by atoms with van der Waals surface area (Å²) in [4.78, 5) is 0. The van der Waals surface area contributed by atoms with Gasteiger partial charge < -0.3 is 0 Å². The van der Waals surface area contributed by atoms with Crippen molar-refractivity contribution in [3.05, 3.63) is 70.8 Å². The van der Waals surface area contributed by atoms with Gasteiger partial charge in [-0.15, -0.1) is 0 Å². The lowest BCUT2D eigenvalue weighted by Gasteiger charge is -2.12. The van der Waals surface area contributed by atoms with Gasteiger partial charge in [-0.05, 0) is 36.5 Å². The summed E-state index contributed by atoms with van der Waals surface area (Å²) in [7, 11) is 0. The monoisotopic (exact) mass is 208 g/mol. The smallest absolute Gasteiger partial charge is 0.00952 e. The van der Waals surface area contributed by atoms with Gasteiger partial charge in [-0.2, -0.15) is 0 Å². The third-order valence-corrected chi connectivity index (χ3v) is 3.58. The van der Waals surface area contributed by atoms with Gasteiger partial charge in [0.25, 0.3) is 0 Å². The summed E-state index contributed by atoms with van der Waals surface area (Å²) in [5.41, 5.74) is 5.93. The number of rotatable bonds is 1. The van der Waals surface area contributed by atoms with Crippen LogP contribution in [0.15, 0.2) is 48.5 Å². The van der Waals surface area contributed by atoms with Gasteiger partial charge >= 0.3 is 0 Å². The van der Waals surface area contributed by atoms with Crippen LogP contribution in [-0.2, 0) is 6.42 Å². The highest BCUT2D eigenvalue weighted by molar-refractivity contribution is 5.43. The first kappa shape index (κ1) is 9.65. The molecule has 0 heteroatoms. The zero-order valence-corrected chi connectivity index (χ0v) is 9.61. The predicted molar refractivity (Wildman–Crippen MR) is 67.8 cm³/mol. The van der Waals surface area contributed by atoms with Gasteiger partial charge in [0, 0.05) is 5.92 Å². The minimum atomic E-state index is 0.622. The Kier molecular flexibility index (Phi) is 2.28. The quantitative estimate of drug-likeness (QED) is 0.662. The number of hydrogen-bond donors (Lipinski definition) is 0. The highest BCUT2D eigenvalue weighted by Crippen LogP contribution is 2.38. The van der Waals surface area contributed by atoms with Gasteiger partial charge in [0.1, 0.15) is 0 Å². The summed E-state index contributed by atoms with van der Waals surface area (Å²) < 4.78 is 0. The first-order valence-electron chi connectivity index (χ1n) is 5.99. The van der Waals surface area contributed by atoms with Gasteiger partial charge in [-0.3, -0.25) is 0 Å². The molecule has 0 saturated heterocycles. The summed E-state index contributed by atoms with van der Waals surface area (Å²) in [5, 5.41) is 0. The molecule has 0 nitrogen and oxygen atoms in total. The Morgan fingerprint density at radius 2 is 1.81 bits per heavy atom. The Morgan fingerprint density at radius 1 is 1.00 bits per heavy atom. The van der Waals surface area contributed by atoms with Crippen molar-refractivity contribution in [3.63, 3.8) is 0 Å². The van der Waals surface area contributed by atoms with E-state index in [1.165, 1.54) is 29.5 Å². The van der Waals surface area contributed by atoms with Crippen molar-refractivity contribution in [2.75, 3.05) is 0 Å². The number of fused-ring (bicyclic) bond motifs is 1. The third kappa shape index (κ3) is 1.55. The fourth-order valence-electron chi connectivity index (χ4n) is 2.78. The average molecular weight is 208 g/mol. The van der Waals surface area contributed by atoms with Crippen molar-refractivity contribution in [3.8, 4) is 0 Å². The maximum atomic E-state index is 2.35. The maximum absolute atomic E-state index is 2.35. The molecular formula is C16H16. The van der Waals surface area contributed by atoms with Crippen LogP contribution in [0.25, 0.3) is 0 Å². The van der Waals surface area contributed by atoms with Crippen LogP contribution in [0.2, 0.25) is 0 Å². The Hall–Kier alpha value is -1.56. The molecule has 0 N–H and O–H groups in total. The van der Waals surface area contributed by atoms with E-state index in [9.17, 15) is 0 Å². The molecule has 1 unspecified atom stereocenters. The molecule has 0 aliphatic heterocycles. The largest absolute Gasteiger partial charge is 0.0622 e. The normalized spacial score (nSPS) is 18.4. The molecule has 1 aliphatic carbocycles. The second kappa shape index (κ2) is 3.79. The zero-order chi connectivity index (χ0) is 11.0. The van der Waals surface area contributed by atoms with E-state index in [1.54, 1.807) is 5.56 Å². The molecule has 1 atom stereocenters. The molecule has 0 heterocycles. The second-order valence-electron chi connectivity index (χ2n) is 4.70. The van der Waals surface area contributed by atoms with Crippen LogP contribution >= 0.6 is 0 Å². The zero-order valence-electron chi connectivity index (χ0n) is 9.61. The minimum Gasteiger partial charge on any atom is -0.0622 e. The minimum absolute atomic E-state index is 0.622. The van der Waals surface area contributed by atoms with Crippen LogP contribution in [0.5, 0.6) is 0 Å². The molecule has 2 aromatic rings. The van der Waals surface area contributed by atoms with E-state index in [2.05, 4.69) is 55.5 Å². The molecular weight excluding hydrogens is 192 g/mol. The van der Waals surface area contributed by atoms with E-state index in [0.29, 0.717) is 5.92 Å². The Morgan fingerprint density at radius 3 is 2.62 bits per heavy atom. The van der Waals surface area contributed by atoms with Crippen LogP contribution in [0.4, 0.5) is 0 Å². The first-order valence-corrected chi connectivity index (χ1v) is 5.99. The molecule has 0 bridgehead atoms. The standard InChI is InChI=1S/C16H16/c1-12-7-9-16-14(11-12)8-10-15(16)13-5-3-2-4-6-13/h2-7,9,11,15H,8,10H2,1H3. The van der Waals surface area contributed by atoms with Gasteiger partial charge in [0.05, 0.1) is 0 Å². The summed E-state index contributed by atoms with van der Waals surface area (Å²) in [6, 6.07) is 17.8. The lowest BCUT2D eigenvalue weighted by Crippen LogP contribution is -1.95. The fraction of sp³-hybridized carbons (Fsp3) is 0.250. The van der Waals surface area contributed by atoms with E-state index in [-0.39, 0.29) is 0 Å². The Bertz CT molecular complexity index is 497. The predicted octanol–water partition coefficient (Wildman–Crippen LogP) is 4.07.